The third-order valence-corrected chi connectivity index (χ3v) is 5.38. The minimum Gasteiger partial charge on any atom is -0.493 e. The zero-order valence-electron chi connectivity index (χ0n) is 15.5. The largest absolute Gasteiger partial charge is 0.493 e. The van der Waals surface area contributed by atoms with Crippen molar-refractivity contribution in [2.24, 2.45) is 5.41 Å². The summed E-state index contributed by atoms with van der Waals surface area (Å²) in [6.45, 7) is 7.04. The highest BCUT2D eigenvalue weighted by atomic mass is 16.5. The van der Waals surface area contributed by atoms with E-state index in [1.807, 2.05) is 12.1 Å². The number of methoxy groups -OCH3 is 2. The maximum absolute atomic E-state index is 6.05. The van der Waals surface area contributed by atoms with Gasteiger partial charge in [0.2, 0.25) is 0 Å². The van der Waals surface area contributed by atoms with Crippen molar-refractivity contribution < 1.29 is 13.9 Å². The fourth-order valence-electron chi connectivity index (χ4n) is 4.02. The van der Waals surface area contributed by atoms with Crippen LogP contribution in [-0.4, -0.2) is 14.2 Å². The number of rotatable bonds is 5. The Bertz CT molecular complexity index is 724. The van der Waals surface area contributed by atoms with Crippen molar-refractivity contribution in [3.63, 3.8) is 0 Å². The van der Waals surface area contributed by atoms with E-state index < -0.39 is 0 Å². The number of hydrogen-bond acceptors (Lipinski definition) is 3. The second kappa shape index (κ2) is 6.54. The number of aryl methyl sites for hydroxylation is 1. The van der Waals surface area contributed by atoms with E-state index in [0.29, 0.717) is 11.2 Å². The molecule has 1 aliphatic rings. The van der Waals surface area contributed by atoms with Gasteiger partial charge in [-0.25, -0.2) is 0 Å². The van der Waals surface area contributed by atoms with Crippen LogP contribution in [0.5, 0.6) is 11.5 Å². The molecule has 0 aliphatic heterocycles. The maximum Gasteiger partial charge on any atom is 0.164 e. The van der Waals surface area contributed by atoms with Crippen molar-refractivity contribution in [1.82, 2.24) is 0 Å². The lowest BCUT2D eigenvalue weighted by Gasteiger charge is -2.34. The first-order valence-corrected chi connectivity index (χ1v) is 8.78. The van der Waals surface area contributed by atoms with Gasteiger partial charge in [-0.1, -0.05) is 25.0 Å². The number of ether oxygens (including phenoxy) is 2. The quantitative estimate of drug-likeness (QED) is 0.639. The van der Waals surface area contributed by atoms with Gasteiger partial charge in [0, 0.05) is 17.9 Å². The monoisotopic (exact) mass is 328 g/mol. The van der Waals surface area contributed by atoms with Gasteiger partial charge in [-0.2, -0.15) is 0 Å². The molecule has 0 atom stereocenters. The van der Waals surface area contributed by atoms with Crippen LogP contribution in [0.1, 0.15) is 52.2 Å². The van der Waals surface area contributed by atoms with Crippen molar-refractivity contribution in [2.45, 2.75) is 52.9 Å². The zero-order chi connectivity index (χ0) is 17.3. The molecule has 0 bridgehead atoms. The minimum absolute atomic E-state index is 0.320. The molecule has 24 heavy (non-hydrogen) atoms. The Balaban J connectivity index is 1.83. The molecule has 1 aromatic heterocycles. The van der Waals surface area contributed by atoms with Gasteiger partial charge in [-0.15, -0.1) is 0 Å². The first-order chi connectivity index (χ1) is 11.4. The van der Waals surface area contributed by atoms with Crippen LogP contribution in [0.25, 0.3) is 11.0 Å². The number of furan rings is 1. The third kappa shape index (κ3) is 3.17. The Labute approximate surface area is 144 Å². The lowest BCUT2D eigenvalue weighted by atomic mass is 9.71. The summed E-state index contributed by atoms with van der Waals surface area (Å²) in [4.78, 5) is 0. The molecule has 3 heteroatoms. The fraction of sp³-hybridized carbons (Fsp3) is 0.524. The summed E-state index contributed by atoms with van der Waals surface area (Å²) in [5, 5.41) is 1.07. The highest BCUT2D eigenvalue weighted by molar-refractivity contribution is 5.82. The molecule has 0 saturated heterocycles. The van der Waals surface area contributed by atoms with Gasteiger partial charge in [0.1, 0.15) is 11.3 Å². The molecule has 0 spiro atoms. The minimum atomic E-state index is 0.320. The van der Waals surface area contributed by atoms with Crippen molar-refractivity contribution in [2.75, 3.05) is 14.2 Å². The Morgan fingerprint density at radius 1 is 1.04 bits per heavy atom. The van der Waals surface area contributed by atoms with Gasteiger partial charge < -0.3 is 13.9 Å². The molecule has 0 radical (unpaired) electrons. The van der Waals surface area contributed by atoms with E-state index in [-0.39, 0.29) is 0 Å². The number of benzene rings is 1. The van der Waals surface area contributed by atoms with Gasteiger partial charge in [0.05, 0.1) is 14.2 Å². The van der Waals surface area contributed by atoms with Gasteiger partial charge in [0.25, 0.3) is 0 Å². The van der Waals surface area contributed by atoms with Gasteiger partial charge in [-0.3, -0.25) is 0 Å². The maximum atomic E-state index is 6.05. The first kappa shape index (κ1) is 16.9. The highest BCUT2D eigenvalue weighted by Crippen LogP contribution is 2.42. The second-order valence-corrected chi connectivity index (χ2v) is 7.45. The number of fused-ring (bicyclic) bond motifs is 1. The van der Waals surface area contributed by atoms with Crippen LogP contribution in [0.4, 0.5) is 0 Å². The average Bonchev–Trinajstić information content (AvgIpc) is 2.93. The Hall–Kier alpha value is -1.90. The molecular weight excluding hydrogens is 300 g/mol. The van der Waals surface area contributed by atoms with Gasteiger partial charge in [0.15, 0.2) is 11.5 Å². The standard InChI is InChI=1S/C21H28O3/c1-14-7-6-10-21(2,3)17(14)9-8-16-11-15-12-19(22-4)20(23-5)13-18(15)24-16/h11-13H,6-10H2,1-5H3. The van der Waals surface area contributed by atoms with Crippen LogP contribution < -0.4 is 9.47 Å². The van der Waals surface area contributed by atoms with Crippen LogP contribution in [0, 0.1) is 5.41 Å². The smallest absolute Gasteiger partial charge is 0.164 e. The molecule has 0 saturated carbocycles. The summed E-state index contributed by atoms with van der Waals surface area (Å²) in [6.07, 6.45) is 5.86. The van der Waals surface area contributed by atoms with Crippen molar-refractivity contribution >= 4 is 11.0 Å². The van der Waals surface area contributed by atoms with Crippen molar-refractivity contribution in [1.29, 1.82) is 0 Å². The van der Waals surface area contributed by atoms with Crippen LogP contribution in [-0.2, 0) is 6.42 Å². The molecule has 0 amide bonds. The average molecular weight is 328 g/mol. The summed E-state index contributed by atoms with van der Waals surface area (Å²) in [6, 6.07) is 6.02. The second-order valence-electron chi connectivity index (χ2n) is 7.45. The lowest BCUT2D eigenvalue weighted by molar-refractivity contribution is 0.351. The molecule has 1 aliphatic carbocycles. The van der Waals surface area contributed by atoms with E-state index in [2.05, 4.69) is 26.8 Å². The van der Waals surface area contributed by atoms with Crippen molar-refractivity contribution in [3.05, 3.63) is 35.1 Å². The normalized spacial score (nSPS) is 17.4. The van der Waals surface area contributed by atoms with E-state index in [4.69, 9.17) is 13.9 Å². The van der Waals surface area contributed by atoms with Crippen LogP contribution in [0.15, 0.2) is 33.8 Å². The molecule has 3 nitrogen and oxygen atoms in total. The lowest BCUT2D eigenvalue weighted by Crippen LogP contribution is -2.20. The predicted molar refractivity (Wildman–Crippen MR) is 98.0 cm³/mol. The summed E-state index contributed by atoms with van der Waals surface area (Å²) in [5.74, 6) is 2.48. The molecule has 0 N–H and O–H groups in total. The van der Waals surface area contributed by atoms with Crippen LogP contribution >= 0.6 is 0 Å². The Morgan fingerprint density at radius 2 is 1.75 bits per heavy atom. The van der Waals surface area contributed by atoms with E-state index in [1.54, 1.807) is 25.4 Å². The fourth-order valence-corrected chi connectivity index (χ4v) is 4.02. The number of allylic oxidation sites excluding steroid dienone is 2. The molecule has 130 valence electrons. The summed E-state index contributed by atoms with van der Waals surface area (Å²) >= 11 is 0. The molecule has 3 rings (SSSR count). The third-order valence-electron chi connectivity index (χ3n) is 5.38. The molecule has 2 aromatic rings. The first-order valence-electron chi connectivity index (χ1n) is 8.78. The number of hydrogen-bond donors (Lipinski definition) is 0. The Morgan fingerprint density at radius 3 is 2.42 bits per heavy atom. The van der Waals surface area contributed by atoms with Gasteiger partial charge >= 0.3 is 0 Å². The van der Waals surface area contributed by atoms with E-state index in [9.17, 15) is 0 Å². The summed E-state index contributed by atoms with van der Waals surface area (Å²) in [7, 11) is 3.30. The SMILES string of the molecule is COc1cc2cc(CCC3=C(C)CCCC3(C)C)oc2cc1OC. The summed E-state index contributed by atoms with van der Waals surface area (Å²) in [5.41, 5.74) is 4.37. The van der Waals surface area contributed by atoms with Crippen LogP contribution in [0.2, 0.25) is 0 Å². The summed E-state index contributed by atoms with van der Waals surface area (Å²) < 4.78 is 16.8. The highest BCUT2D eigenvalue weighted by Gasteiger charge is 2.28. The predicted octanol–water partition coefficient (Wildman–Crippen LogP) is 5.91. The van der Waals surface area contributed by atoms with Gasteiger partial charge in [-0.05, 0) is 50.2 Å². The van der Waals surface area contributed by atoms with E-state index >= 15 is 0 Å². The van der Waals surface area contributed by atoms with Crippen molar-refractivity contribution in [3.8, 4) is 11.5 Å². The topological polar surface area (TPSA) is 31.6 Å². The van der Waals surface area contributed by atoms with E-state index in [0.717, 1.165) is 35.3 Å². The van der Waals surface area contributed by atoms with E-state index in [1.165, 1.54) is 19.3 Å². The molecule has 0 unspecified atom stereocenters. The molecule has 0 fully saturated rings. The molecule has 1 heterocycles. The molecule has 1 aromatic carbocycles. The van der Waals surface area contributed by atoms with Crippen LogP contribution in [0.3, 0.4) is 0 Å². The molecular formula is C21H28O3. The Kier molecular flexibility index (Phi) is 4.62. The zero-order valence-corrected chi connectivity index (χ0v) is 15.5.